The largest absolute Gasteiger partial charge is 0.449 e. The normalized spacial score (nSPS) is 12.1. The summed E-state index contributed by atoms with van der Waals surface area (Å²) in [5.74, 6) is -1.39. The van der Waals surface area contributed by atoms with Gasteiger partial charge in [0.1, 0.15) is 11.3 Å². The van der Waals surface area contributed by atoms with Crippen molar-refractivity contribution in [3.05, 3.63) is 41.3 Å². The Hall–Kier alpha value is -2.97. The van der Waals surface area contributed by atoms with E-state index in [1.54, 1.807) is 13.0 Å². The number of anilines is 1. The van der Waals surface area contributed by atoms with Crippen molar-refractivity contribution < 1.29 is 32.4 Å². The van der Waals surface area contributed by atoms with E-state index in [2.05, 4.69) is 15.2 Å². The molecule has 0 saturated carbocycles. The molecule has 7 nitrogen and oxygen atoms in total. The molecule has 0 unspecified atom stereocenters. The first-order valence-electron chi connectivity index (χ1n) is 8.22. The number of aromatic nitrogens is 1. The summed E-state index contributed by atoms with van der Waals surface area (Å²) in [5.41, 5.74) is 0.563. The lowest BCUT2D eigenvalue weighted by atomic mass is 10.1. The van der Waals surface area contributed by atoms with Crippen LogP contribution < -0.4 is 10.1 Å². The minimum Gasteiger partial charge on any atom is -0.449 e. The van der Waals surface area contributed by atoms with Gasteiger partial charge in [0.15, 0.2) is 11.9 Å². The smallest absolute Gasteiger partial charge is 0.387 e. The number of rotatable bonds is 7. The Balaban J connectivity index is 2.09. The quantitative estimate of drug-likeness (QED) is 0.731. The van der Waals surface area contributed by atoms with Crippen molar-refractivity contribution >= 4 is 17.6 Å². The Morgan fingerprint density at radius 2 is 1.85 bits per heavy atom. The molecule has 1 heterocycles. The molecule has 0 bridgehead atoms. The summed E-state index contributed by atoms with van der Waals surface area (Å²) in [4.78, 5) is 24.7. The number of amides is 1. The number of carbonyl (C=O) groups is 2. The van der Waals surface area contributed by atoms with E-state index in [1.165, 1.54) is 25.1 Å². The van der Waals surface area contributed by atoms with Gasteiger partial charge in [0.05, 0.1) is 11.4 Å². The van der Waals surface area contributed by atoms with Crippen LogP contribution >= 0.6 is 0 Å². The van der Waals surface area contributed by atoms with E-state index < -0.39 is 24.6 Å². The Bertz CT molecular complexity index is 820. The van der Waals surface area contributed by atoms with Crippen molar-refractivity contribution in [2.45, 2.75) is 46.3 Å². The van der Waals surface area contributed by atoms with Crippen LogP contribution in [0.15, 0.2) is 28.8 Å². The average Bonchev–Trinajstić information content (AvgIpc) is 2.98. The van der Waals surface area contributed by atoms with Crippen molar-refractivity contribution in [1.29, 1.82) is 0 Å². The van der Waals surface area contributed by atoms with E-state index in [1.807, 2.05) is 13.8 Å². The molecule has 146 valence electrons. The van der Waals surface area contributed by atoms with E-state index in [9.17, 15) is 18.4 Å². The molecule has 0 aliphatic heterocycles. The molecule has 2 aromatic rings. The molecule has 0 fully saturated rings. The minimum atomic E-state index is -3.04. The number of halogens is 2. The third kappa shape index (κ3) is 5.02. The molecule has 1 N–H and O–H groups in total. The molecule has 0 spiro atoms. The van der Waals surface area contributed by atoms with Crippen LogP contribution in [0.1, 0.15) is 48.5 Å². The van der Waals surface area contributed by atoms with Crippen LogP contribution in [-0.4, -0.2) is 29.7 Å². The highest BCUT2D eigenvalue weighted by atomic mass is 19.3. The van der Waals surface area contributed by atoms with Gasteiger partial charge in [0.2, 0.25) is 0 Å². The Kier molecular flexibility index (Phi) is 6.49. The first-order valence-corrected chi connectivity index (χ1v) is 8.22. The maximum absolute atomic E-state index is 12.4. The topological polar surface area (TPSA) is 90.7 Å². The fourth-order valence-corrected chi connectivity index (χ4v) is 2.31. The average molecular weight is 382 g/mol. The number of benzene rings is 1. The molecule has 0 saturated heterocycles. The predicted molar refractivity (Wildman–Crippen MR) is 91.9 cm³/mol. The number of nitrogens with zero attached hydrogens (tertiary/aromatic N) is 1. The van der Waals surface area contributed by atoms with Crippen molar-refractivity contribution in [2.75, 3.05) is 5.32 Å². The lowest BCUT2D eigenvalue weighted by Crippen LogP contribution is -2.30. The second kappa shape index (κ2) is 8.61. The summed E-state index contributed by atoms with van der Waals surface area (Å²) >= 11 is 0. The summed E-state index contributed by atoms with van der Waals surface area (Å²) < 4.78 is 39.6. The van der Waals surface area contributed by atoms with Gasteiger partial charge in [0.25, 0.3) is 5.91 Å². The third-order valence-electron chi connectivity index (χ3n) is 3.63. The number of aryl methyl sites for hydroxylation is 1. The second-order valence-electron chi connectivity index (χ2n) is 6.07. The summed E-state index contributed by atoms with van der Waals surface area (Å²) in [6.07, 6.45) is -1.19. The van der Waals surface area contributed by atoms with Crippen LogP contribution in [0.4, 0.5) is 14.5 Å². The molecular weight excluding hydrogens is 362 g/mol. The summed E-state index contributed by atoms with van der Waals surface area (Å²) in [6, 6.07) is 5.71. The Labute approximate surface area is 154 Å². The van der Waals surface area contributed by atoms with Gasteiger partial charge in [-0.15, -0.1) is 0 Å². The Morgan fingerprint density at radius 3 is 2.48 bits per heavy atom. The molecule has 0 aliphatic rings. The fourth-order valence-electron chi connectivity index (χ4n) is 2.31. The van der Waals surface area contributed by atoms with Gasteiger partial charge in [0, 0.05) is 5.92 Å². The lowest BCUT2D eigenvalue weighted by molar-refractivity contribution is -0.123. The van der Waals surface area contributed by atoms with Gasteiger partial charge in [-0.3, -0.25) is 4.79 Å². The van der Waals surface area contributed by atoms with Crippen LogP contribution in [0.2, 0.25) is 0 Å². The van der Waals surface area contributed by atoms with Crippen molar-refractivity contribution in [1.82, 2.24) is 5.16 Å². The maximum atomic E-state index is 12.4. The van der Waals surface area contributed by atoms with E-state index in [0.717, 1.165) is 0 Å². The highest BCUT2D eigenvalue weighted by Gasteiger charge is 2.27. The molecule has 0 aliphatic carbocycles. The first kappa shape index (κ1) is 20.3. The third-order valence-corrected chi connectivity index (χ3v) is 3.63. The highest BCUT2D eigenvalue weighted by molar-refractivity contribution is 5.98. The molecule has 1 atom stereocenters. The predicted octanol–water partition coefficient (Wildman–Crippen LogP) is 3.89. The van der Waals surface area contributed by atoms with E-state index >= 15 is 0 Å². The molecule has 2 rings (SSSR count). The van der Waals surface area contributed by atoms with Gasteiger partial charge >= 0.3 is 12.6 Å². The highest BCUT2D eigenvalue weighted by Crippen LogP contribution is 2.26. The van der Waals surface area contributed by atoms with Crippen LogP contribution in [-0.2, 0) is 9.53 Å². The first-order chi connectivity index (χ1) is 12.7. The van der Waals surface area contributed by atoms with Gasteiger partial charge in [-0.1, -0.05) is 31.1 Å². The van der Waals surface area contributed by atoms with E-state index in [-0.39, 0.29) is 22.9 Å². The molecular formula is C18H20F2N2O5. The monoisotopic (exact) mass is 382 g/mol. The fraction of sp³-hybridized carbons (Fsp3) is 0.389. The Morgan fingerprint density at radius 1 is 1.19 bits per heavy atom. The van der Waals surface area contributed by atoms with E-state index in [0.29, 0.717) is 11.5 Å². The van der Waals surface area contributed by atoms with Crippen molar-refractivity contribution in [3.8, 4) is 5.75 Å². The molecule has 1 amide bonds. The lowest BCUT2D eigenvalue weighted by Gasteiger charge is -2.16. The molecule has 27 heavy (non-hydrogen) atoms. The molecule has 9 heteroatoms. The molecule has 0 radical (unpaired) electrons. The standard InChI is InChI=1S/C18H20F2N2O5/c1-9(2)15-14(10(3)22-27-15)17(24)25-11(4)16(23)21-12-7-5-6-8-13(12)26-18(19)20/h5-9,11,18H,1-4H3,(H,21,23)/t11-/m1/s1. The number of esters is 1. The number of alkyl halides is 2. The van der Waals surface area contributed by atoms with E-state index in [4.69, 9.17) is 9.26 Å². The number of hydrogen-bond acceptors (Lipinski definition) is 6. The molecule has 1 aromatic carbocycles. The second-order valence-corrected chi connectivity index (χ2v) is 6.07. The summed E-state index contributed by atoms with van der Waals surface area (Å²) in [5, 5.41) is 6.16. The number of hydrogen-bond donors (Lipinski definition) is 1. The van der Waals surface area contributed by atoms with Crippen molar-refractivity contribution in [2.24, 2.45) is 0 Å². The van der Waals surface area contributed by atoms with Gasteiger partial charge in [-0.25, -0.2) is 4.79 Å². The maximum Gasteiger partial charge on any atom is 0.387 e. The van der Waals surface area contributed by atoms with Crippen LogP contribution in [0.5, 0.6) is 5.75 Å². The van der Waals surface area contributed by atoms with Gasteiger partial charge in [-0.05, 0) is 26.0 Å². The van der Waals surface area contributed by atoms with Crippen LogP contribution in [0.25, 0.3) is 0 Å². The summed E-state index contributed by atoms with van der Waals surface area (Å²) in [6.45, 7) is 3.57. The SMILES string of the molecule is Cc1noc(C(C)C)c1C(=O)O[C@H](C)C(=O)Nc1ccccc1OC(F)F. The van der Waals surface area contributed by atoms with Crippen LogP contribution in [0, 0.1) is 6.92 Å². The number of ether oxygens (including phenoxy) is 2. The number of nitrogens with one attached hydrogen (secondary N) is 1. The van der Waals surface area contributed by atoms with Crippen LogP contribution in [0.3, 0.4) is 0 Å². The zero-order chi connectivity index (χ0) is 20.1. The molecule has 1 aromatic heterocycles. The summed E-state index contributed by atoms with van der Waals surface area (Å²) in [7, 11) is 0. The zero-order valence-corrected chi connectivity index (χ0v) is 15.3. The minimum absolute atomic E-state index is 0.0368. The zero-order valence-electron chi connectivity index (χ0n) is 15.3. The van der Waals surface area contributed by atoms with Gasteiger partial charge < -0.3 is 19.3 Å². The number of carbonyl (C=O) groups excluding carboxylic acids is 2. The number of para-hydroxylation sites is 2. The van der Waals surface area contributed by atoms with Crippen molar-refractivity contribution in [3.63, 3.8) is 0 Å². The van der Waals surface area contributed by atoms with Gasteiger partial charge in [-0.2, -0.15) is 8.78 Å².